The number of amides is 2. The number of rotatable bonds is 8. The minimum atomic E-state index is -0.202. The summed E-state index contributed by atoms with van der Waals surface area (Å²) < 4.78 is 5.30. The lowest BCUT2D eigenvalue weighted by atomic mass is 9.97. The molecule has 6 nitrogen and oxygen atoms in total. The Hall–Kier alpha value is -3.03. The van der Waals surface area contributed by atoms with Crippen LogP contribution in [0, 0.1) is 6.92 Å². The molecule has 0 atom stereocenters. The molecule has 7 heteroatoms. The zero-order valence-electron chi connectivity index (χ0n) is 19.8. The number of hydrogen-bond donors (Lipinski definition) is 1. The molecule has 0 radical (unpaired) electrons. The van der Waals surface area contributed by atoms with Crippen molar-refractivity contribution in [2.24, 2.45) is 0 Å². The number of thiazole rings is 1. The minimum absolute atomic E-state index is 0.151. The van der Waals surface area contributed by atoms with Crippen molar-refractivity contribution in [1.82, 2.24) is 9.88 Å². The number of piperidine rings is 1. The monoisotopic (exact) mass is 477 g/mol. The number of aromatic nitrogens is 1. The van der Waals surface area contributed by atoms with Crippen LogP contribution in [-0.4, -0.2) is 48.0 Å². The van der Waals surface area contributed by atoms with Crippen molar-refractivity contribution < 1.29 is 14.3 Å². The fourth-order valence-corrected chi connectivity index (χ4v) is 5.20. The van der Waals surface area contributed by atoms with Crippen molar-refractivity contribution in [2.45, 2.75) is 39.0 Å². The van der Waals surface area contributed by atoms with Crippen LogP contribution in [0.15, 0.2) is 53.9 Å². The van der Waals surface area contributed by atoms with Gasteiger partial charge in [-0.1, -0.05) is 42.0 Å². The molecule has 1 aliphatic rings. The molecular formula is C27H31N3O3S. The van der Waals surface area contributed by atoms with Crippen LogP contribution in [0.5, 0.6) is 0 Å². The van der Waals surface area contributed by atoms with Crippen molar-refractivity contribution in [3.8, 4) is 11.1 Å². The molecule has 34 heavy (non-hydrogen) atoms. The van der Waals surface area contributed by atoms with E-state index in [2.05, 4.69) is 16.4 Å². The van der Waals surface area contributed by atoms with E-state index >= 15 is 0 Å². The van der Waals surface area contributed by atoms with E-state index in [9.17, 15) is 9.59 Å². The number of likely N-dealkylation sites (tertiary alicyclic amines) is 1. The van der Waals surface area contributed by atoms with Crippen LogP contribution in [0.25, 0.3) is 11.1 Å². The van der Waals surface area contributed by atoms with E-state index in [1.54, 1.807) is 0 Å². The van der Waals surface area contributed by atoms with Gasteiger partial charge in [-0.2, -0.15) is 0 Å². The third-order valence-corrected chi connectivity index (χ3v) is 7.13. The average Bonchev–Trinajstić information content (AvgIpc) is 3.36. The van der Waals surface area contributed by atoms with Crippen LogP contribution in [0.4, 0.5) is 5.69 Å². The number of benzene rings is 2. The molecule has 0 unspecified atom stereocenters. The van der Waals surface area contributed by atoms with Crippen molar-refractivity contribution in [3.05, 3.63) is 70.2 Å². The van der Waals surface area contributed by atoms with Gasteiger partial charge in [0.1, 0.15) is 5.69 Å². The molecule has 2 heterocycles. The lowest BCUT2D eigenvalue weighted by Crippen LogP contribution is -2.38. The maximum Gasteiger partial charge on any atom is 0.275 e. The standard InChI is InChI=1S/C27H31N3O3S/c1-3-33-16-13-25(31)30-14-11-21(12-15-30)27-29-24(18-34-27)26(32)28-23-10-9-19(2)17-22(23)20-7-5-4-6-8-20/h4-10,17-18,21H,3,11-16H2,1-2H3,(H,28,32). The first kappa shape index (κ1) is 24.1. The SMILES string of the molecule is CCOCCC(=O)N1CCC(c2nc(C(=O)Nc3ccc(C)cc3-c3ccccc3)cs2)CC1. The molecule has 1 fully saturated rings. The van der Waals surface area contributed by atoms with E-state index in [0.29, 0.717) is 25.3 Å². The van der Waals surface area contributed by atoms with Crippen molar-refractivity contribution >= 4 is 28.8 Å². The summed E-state index contributed by atoms with van der Waals surface area (Å²) in [6.07, 6.45) is 2.17. The predicted molar refractivity (Wildman–Crippen MR) is 136 cm³/mol. The zero-order valence-corrected chi connectivity index (χ0v) is 20.6. The second-order valence-corrected chi connectivity index (χ2v) is 9.43. The van der Waals surface area contributed by atoms with E-state index in [1.807, 2.05) is 66.6 Å². The van der Waals surface area contributed by atoms with Gasteiger partial charge in [-0.15, -0.1) is 11.3 Å². The second kappa shape index (κ2) is 11.4. The number of hydrogen-bond acceptors (Lipinski definition) is 5. The van der Waals surface area contributed by atoms with Gasteiger partial charge in [-0.25, -0.2) is 4.98 Å². The van der Waals surface area contributed by atoms with Crippen LogP contribution in [0.2, 0.25) is 0 Å². The first-order chi connectivity index (χ1) is 16.5. The van der Waals surface area contributed by atoms with Crippen LogP contribution in [0.3, 0.4) is 0 Å². The summed E-state index contributed by atoms with van der Waals surface area (Å²) in [5.41, 5.74) is 4.40. The number of nitrogens with zero attached hydrogens (tertiary/aromatic N) is 2. The predicted octanol–water partition coefficient (Wildman–Crippen LogP) is 5.50. The molecule has 0 spiro atoms. The van der Waals surface area contributed by atoms with Gasteiger partial charge in [0.25, 0.3) is 5.91 Å². The second-order valence-electron chi connectivity index (χ2n) is 8.54. The van der Waals surface area contributed by atoms with Gasteiger partial charge in [-0.05, 0) is 44.4 Å². The van der Waals surface area contributed by atoms with E-state index in [0.717, 1.165) is 53.3 Å². The smallest absolute Gasteiger partial charge is 0.275 e. The molecule has 1 aliphatic heterocycles. The molecular weight excluding hydrogens is 446 g/mol. The van der Waals surface area contributed by atoms with Crippen molar-refractivity contribution in [3.63, 3.8) is 0 Å². The third-order valence-electron chi connectivity index (χ3n) is 6.12. The number of anilines is 1. The molecule has 2 aromatic carbocycles. The summed E-state index contributed by atoms with van der Waals surface area (Å²) in [6.45, 7) is 6.53. The highest BCUT2D eigenvalue weighted by Crippen LogP contribution is 2.32. The third kappa shape index (κ3) is 5.90. The Morgan fingerprint density at radius 1 is 1.15 bits per heavy atom. The number of aryl methyl sites for hydroxylation is 1. The molecule has 3 aromatic rings. The summed E-state index contributed by atoms with van der Waals surface area (Å²) in [7, 11) is 0. The Labute approximate surface area is 205 Å². The summed E-state index contributed by atoms with van der Waals surface area (Å²) in [5, 5.41) is 5.86. The van der Waals surface area contributed by atoms with E-state index in [-0.39, 0.29) is 17.7 Å². The summed E-state index contributed by atoms with van der Waals surface area (Å²) in [5.74, 6) is 0.229. The number of carbonyl (C=O) groups excluding carboxylic acids is 2. The Bertz CT molecular complexity index is 1120. The van der Waals surface area contributed by atoms with Crippen LogP contribution < -0.4 is 5.32 Å². The van der Waals surface area contributed by atoms with Gasteiger partial charge < -0.3 is 15.0 Å². The van der Waals surface area contributed by atoms with E-state index in [1.165, 1.54) is 11.3 Å². The first-order valence-corrected chi connectivity index (χ1v) is 12.7. The van der Waals surface area contributed by atoms with Gasteiger partial charge in [0, 0.05) is 42.2 Å². The van der Waals surface area contributed by atoms with Gasteiger partial charge in [0.05, 0.1) is 18.0 Å². The first-order valence-electron chi connectivity index (χ1n) is 11.8. The summed E-state index contributed by atoms with van der Waals surface area (Å²) in [4.78, 5) is 31.9. The summed E-state index contributed by atoms with van der Waals surface area (Å²) >= 11 is 1.53. The molecule has 1 N–H and O–H groups in total. The highest BCUT2D eigenvalue weighted by molar-refractivity contribution is 7.10. The van der Waals surface area contributed by atoms with Crippen LogP contribution in [0.1, 0.15) is 53.2 Å². The van der Waals surface area contributed by atoms with Crippen LogP contribution >= 0.6 is 11.3 Å². The lowest BCUT2D eigenvalue weighted by molar-refractivity contribution is -0.133. The van der Waals surface area contributed by atoms with Gasteiger partial charge >= 0.3 is 0 Å². The fraction of sp³-hybridized carbons (Fsp3) is 0.370. The Kier molecular flexibility index (Phi) is 8.08. The molecule has 1 aromatic heterocycles. The van der Waals surface area contributed by atoms with Gasteiger partial charge in [0.2, 0.25) is 5.91 Å². The minimum Gasteiger partial charge on any atom is -0.381 e. The normalized spacial score (nSPS) is 14.2. The highest BCUT2D eigenvalue weighted by atomic mass is 32.1. The fourth-order valence-electron chi connectivity index (χ4n) is 4.23. The maximum absolute atomic E-state index is 13.0. The van der Waals surface area contributed by atoms with Gasteiger partial charge in [-0.3, -0.25) is 9.59 Å². The van der Waals surface area contributed by atoms with E-state index in [4.69, 9.17) is 4.74 Å². The maximum atomic E-state index is 13.0. The number of carbonyl (C=O) groups is 2. The quantitative estimate of drug-likeness (QED) is 0.435. The highest BCUT2D eigenvalue weighted by Gasteiger charge is 2.26. The number of nitrogens with one attached hydrogen (secondary N) is 1. The Morgan fingerprint density at radius 2 is 1.91 bits per heavy atom. The average molecular weight is 478 g/mol. The molecule has 0 aliphatic carbocycles. The molecule has 4 rings (SSSR count). The topological polar surface area (TPSA) is 71.5 Å². The van der Waals surface area contributed by atoms with Crippen LogP contribution in [-0.2, 0) is 9.53 Å². The molecule has 2 amide bonds. The summed E-state index contributed by atoms with van der Waals surface area (Å²) in [6, 6.07) is 16.1. The largest absolute Gasteiger partial charge is 0.381 e. The van der Waals surface area contributed by atoms with Crippen molar-refractivity contribution in [1.29, 1.82) is 0 Å². The Balaban J connectivity index is 1.38. The van der Waals surface area contributed by atoms with E-state index < -0.39 is 0 Å². The Morgan fingerprint density at radius 3 is 2.65 bits per heavy atom. The molecule has 178 valence electrons. The van der Waals surface area contributed by atoms with Crippen molar-refractivity contribution in [2.75, 3.05) is 31.6 Å². The van der Waals surface area contributed by atoms with Gasteiger partial charge in [0.15, 0.2) is 0 Å². The molecule has 0 bridgehead atoms. The number of ether oxygens (including phenoxy) is 1. The molecule has 0 saturated carbocycles. The zero-order chi connectivity index (χ0) is 23.9. The molecule has 1 saturated heterocycles. The lowest BCUT2D eigenvalue weighted by Gasteiger charge is -2.31.